The molecule has 0 saturated heterocycles. The van der Waals surface area contributed by atoms with Crippen molar-refractivity contribution in [3.05, 3.63) is 69.8 Å². The molecule has 1 aliphatic heterocycles. The molecule has 0 radical (unpaired) electrons. The lowest BCUT2D eigenvalue weighted by molar-refractivity contribution is 0.134. The zero-order valence-electron chi connectivity index (χ0n) is 12.6. The van der Waals surface area contributed by atoms with Gasteiger partial charge in [-0.05, 0) is 53.6 Å². The molecule has 0 amide bonds. The van der Waals surface area contributed by atoms with Crippen molar-refractivity contribution in [2.75, 3.05) is 0 Å². The molecule has 3 nitrogen and oxygen atoms in total. The lowest BCUT2D eigenvalue weighted by atomic mass is 9.95. The zero-order chi connectivity index (χ0) is 14.8. The molecule has 0 spiro atoms. The summed E-state index contributed by atoms with van der Waals surface area (Å²) in [5, 5.41) is 0. The van der Waals surface area contributed by atoms with Crippen molar-refractivity contribution >= 4 is 0 Å². The molecule has 0 saturated carbocycles. The molecule has 1 aliphatic rings. The number of hydrogen-bond acceptors (Lipinski definition) is 3. The third-order valence-corrected chi connectivity index (χ3v) is 4.36. The van der Waals surface area contributed by atoms with E-state index < -0.39 is 0 Å². The van der Waals surface area contributed by atoms with Crippen molar-refractivity contribution < 1.29 is 4.74 Å². The van der Waals surface area contributed by atoms with Crippen LogP contribution >= 0.6 is 0 Å². The summed E-state index contributed by atoms with van der Waals surface area (Å²) in [6, 6.07) is 13.3. The van der Waals surface area contributed by atoms with Crippen LogP contribution < -0.4 is 11.3 Å². The van der Waals surface area contributed by atoms with Crippen molar-refractivity contribution in [3.8, 4) is 0 Å². The molecule has 0 aromatic heterocycles. The third-order valence-electron chi connectivity index (χ3n) is 4.36. The summed E-state index contributed by atoms with van der Waals surface area (Å²) in [4.78, 5) is 0. The van der Waals surface area contributed by atoms with Gasteiger partial charge < -0.3 is 4.74 Å². The topological polar surface area (TPSA) is 47.3 Å². The highest BCUT2D eigenvalue weighted by Crippen LogP contribution is 2.26. The quantitative estimate of drug-likeness (QED) is 0.669. The maximum atomic E-state index is 5.78. The van der Waals surface area contributed by atoms with Gasteiger partial charge in [-0.3, -0.25) is 11.3 Å². The summed E-state index contributed by atoms with van der Waals surface area (Å²) >= 11 is 0. The molecule has 1 unspecified atom stereocenters. The van der Waals surface area contributed by atoms with Gasteiger partial charge in [0.15, 0.2) is 0 Å². The minimum Gasteiger partial charge on any atom is -0.372 e. The van der Waals surface area contributed by atoms with E-state index in [1.165, 1.54) is 33.4 Å². The molecular formula is C18H22N2O. The van der Waals surface area contributed by atoms with E-state index in [0.717, 1.165) is 13.0 Å². The second-order valence-corrected chi connectivity index (χ2v) is 5.86. The normalized spacial score (nSPS) is 15.0. The van der Waals surface area contributed by atoms with E-state index in [0.29, 0.717) is 6.61 Å². The maximum Gasteiger partial charge on any atom is 0.0725 e. The van der Waals surface area contributed by atoms with Crippen molar-refractivity contribution in [2.24, 2.45) is 5.84 Å². The average Bonchev–Trinajstić information content (AvgIpc) is 2.95. The molecule has 2 aromatic rings. The van der Waals surface area contributed by atoms with Crippen LogP contribution in [0.5, 0.6) is 0 Å². The number of hydrogen-bond donors (Lipinski definition) is 2. The summed E-state index contributed by atoms with van der Waals surface area (Å²) in [7, 11) is 0. The van der Waals surface area contributed by atoms with Crippen LogP contribution in [0, 0.1) is 13.8 Å². The first-order valence-corrected chi connectivity index (χ1v) is 7.39. The molecule has 0 bridgehead atoms. The average molecular weight is 282 g/mol. The Morgan fingerprint density at radius 1 is 1.05 bits per heavy atom. The minimum atomic E-state index is 0.123. The van der Waals surface area contributed by atoms with Gasteiger partial charge in [0.1, 0.15) is 0 Å². The Morgan fingerprint density at radius 2 is 1.86 bits per heavy atom. The summed E-state index contributed by atoms with van der Waals surface area (Å²) in [6.07, 6.45) is 0.886. The molecule has 1 heterocycles. The Bertz CT molecular complexity index is 652. The van der Waals surface area contributed by atoms with Crippen LogP contribution in [0.2, 0.25) is 0 Å². The fraction of sp³-hybridized carbons (Fsp3) is 0.333. The maximum absolute atomic E-state index is 5.78. The number of nitrogens with two attached hydrogens (primary N) is 1. The fourth-order valence-electron chi connectivity index (χ4n) is 2.85. The Labute approximate surface area is 126 Å². The zero-order valence-corrected chi connectivity index (χ0v) is 12.6. The molecule has 2 aromatic carbocycles. The van der Waals surface area contributed by atoms with Gasteiger partial charge in [-0.25, -0.2) is 0 Å². The number of nitrogens with one attached hydrogen (secondary N) is 1. The highest BCUT2D eigenvalue weighted by atomic mass is 16.5. The number of benzene rings is 2. The second kappa shape index (κ2) is 5.98. The molecule has 21 heavy (non-hydrogen) atoms. The van der Waals surface area contributed by atoms with Gasteiger partial charge in [0.2, 0.25) is 0 Å². The first-order valence-electron chi connectivity index (χ1n) is 7.39. The Hall–Kier alpha value is -1.68. The minimum absolute atomic E-state index is 0.123. The van der Waals surface area contributed by atoms with Crippen molar-refractivity contribution in [2.45, 2.75) is 39.5 Å². The largest absolute Gasteiger partial charge is 0.372 e. The van der Waals surface area contributed by atoms with Gasteiger partial charge in [-0.1, -0.05) is 36.4 Å². The first kappa shape index (κ1) is 14.3. The standard InChI is InChI=1S/C18H22N2O/c1-12-3-4-14(7-13(12)2)8-18(20-19)15-5-6-16-10-21-11-17(16)9-15/h3-7,9,18,20H,8,10-11,19H2,1-2H3. The summed E-state index contributed by atoms with van der Waals surface area (Å²) in [6.45, 7) is 5.73. The van der Waals surface area contributed by atoms with Gasteiger partial charge in [0.05, 0.1) is 13.2 Å². The van der Waals surface area contributed by atoms with Crippen molar-refractivity contribution in [3.63, 3.8) is 0 Å². The highest BCUT2D eigenvalue weighted by molar-refractivity contribution is 5.36. The lowest BCUT2D eigenvalue weighted by Gasteiger charge is -2.18. The molecule has 3 rings (SSSR count). The molecular weight excluding hydrogens is 260 g/mol. The Morgan fingerprint density at radius 3 is 2.62 bits per heavy atom. The van der Waals surface area contributed by atoms with Gasteiger partial charge in [0, 0.05) is 6.04 Å². The molecule has 0 fully saturated rings. The predicted octanol–water partition coefficient (Wildman–Crippen LogP) is 3.08. The number of ether oxygens (including phenoxy) is 1. The van der Waals surface area contributed by atoms with Crippen molar-refractivity contribution in [1.29, 1.82) is 0 Å². The lowest BCUT2D eigenvalue weighted by Crippen LogP contribution is -2.29. The third kappa shape index (κ3) is 3.00. The van der Waals surface area contributed by atoms with Crippen LogP contribution in [0.3, 0.4) is 0 Å². The van der Waals surface area contributed by atoms with E-state index in [4.69, 9.17) is 10.6 Å². The highest BCUT2D eigenvalue weighted by Gasteiger charge is 2.16. The first-order chi connectivity index (χ1) is 10.2. The molecule has 110 valence electrons. The van der Waals surface area contributed by atoms with E-state index >= 15 is 0 Å². The molecule has 3 heteroatoms. The SMILES string of the molecule is Cc1ccc(CC(NN)c2ccc3c(c2)COC3)cc1C. The second-order valence-electron chi connectivity index (χ2n) is 5.86. The van der Waals surface area contributed by atoms with Crippen LogP contribution in [-0.4, -0.2) is 0 Å². The van der Waals surface area contributed by atoms with Gasteiger partial charge in [-0.2, -0.15) is 0 Å². The van der Waals surface area contributed by atoms with Gasteiger partial charge in [-0.15, -0.1) is 0 Å². The Balaban J connectivity index is 1.83. The number of fused-ring (bicyclic) bond motifs is 1. The number of hydrazine groups is 1. The number of rotatable bonds is 4. The van der Waals surface area contributed by atoms with E-state index in [1.54, 1.807) is 0 Å². The fourth-order valence-corrected chi connectivity index (χ4v) is 2.85. The molecule has 3 N–H and O–H groups in total. The summed E-state index contributed by atoms with van der Waals surface area (Å²) in [5.41, 5.74) is 10.7. The van der Waals surface area contributed by atoms with Crippen LogP contribution in [0.15, 0.2) is 36.4 Å². The summed E-state index contributed by atoms with van der Waals surface area (Å²) in [5.74, 6) is 5.78. The van der Waals surface area contributed by atoms with E-state index in [-0.39, 0.29) is 6.04 Å². The monoisotopic (exact) mass is 282 g/mol. The Kier molecular flexibility index (Phi) is 4.06. The van der Waals surface area contributed by atoms with Gasteiger partial charge in [0.25, 0.3) is 0 Å². The smallest absolute Gasteiger partial charge is 0.0725 e. The van der Waals surface area contributed by atoms with Gasteiger partial charge >= 0.3 is 0 Å². The van der Waals surface area contributed by atoms with Crippen LogP contribution in [0.25, 0.3) is 0 Å². The van der Waals surface area contributed by atoms with Crippen molar-refractivity contribution in [1.82, 2.24) is 5.43 Å². The van der Waals surface area contributed by atoms with E-state index in [1.807, 2.05) is 0 Å². The van der Waals surface area contributed by atoms with E-state index in [2.05, 4.69) is 55.7 Å². The van der Waals surface area contributed by atoms with Crippen LogP contribution in [-0.2, 0) is 24.4 Å². The van der Waals surface area contributed by atoms with Crippen LogP contribution in [0.1, 0.15) is 39.4 Å². The molecule has 1 atom stereocenters. The van der Waals surface area contributed by atoms with Crippen LogP contribution in [0.4, 0.5) is 0 Å². The number of aryl methyl sites for hydroxylation is 2. The predicted molar refractivity (Wildman–Crippen MR) is 84.6 cm³/mol. The summed E-state index contributed by atoms with van der Waals surface area (Å²) < 4.78 is 5.48. The molecule has 0 aliphatic carbocycles. The van der Waals surface area contributed by atoms with E-state index in [9.17, 15) is 0 Å².